The number of hydrogen-bond acceptors (Lipinski definition) is 3. The van der Waals surface area contributed by atoms with Gasteiger partial charge in [0.15, 0.2) is 12.1 Å². The summed E-state index contributed by atoms with van der Waals surface area (Å²) >= 11 is 0. The summed E-state index contributed by atoms with van der Waals surface area (Å²) in [7, 11) is 0. The van der Waals surface area contributed by atoms with Gasteiger partial charge in [-0.2, -0.15) is 0 Å². The Bertz CT molecular complexity index is 383. The molecule has 104 valence electrons. The molecule has 3 nitrogen and oxygen atoms in total. The van der Waals surface area contributed by atoms with Crippen molar-refractivity contribution >= 4 is 5.78 Å². The topological polar surface area (TPSA) is 35.5 Å². The number of ether oxygens (including phenoxy) is 2. The van der Waals surface area contributed by atoms with Gasteiger partial charge in [0.05, 0.1) is 13.2 Å². The van der Waals surface area contributed by atoms with Gasteiger partial charge >= 0.3 is 0 Å². The van der Waals surface area contributed by atoms with Gasteiger partial charge in [0.2, 0.25) is 0 Å². The third-order valence-corrected chi connectivity index (χ3v) is 4.51. The Hall–Kier alpha value is -0.930. The van der Waals surface area contributed by atoms with Gasteiger partial charge in [-0.25, -0.2) is 0 Å². The number of rotatable bonds is 2. The number of ketones is 1. The minimum absolute atomic E-state index is 0.152. The Kier molecular flexibility index (Phi) is 4.14. The summed E-state index contributed by atoms with van der Waals surface area (Å²) in [6.45, 7) is 1.60. The van der Waals surface area contributed by atoms with Crippen molar-refractivity contribution in [2.75, 3.05) is 13.2 Å². The highest BCUT2D eigenvalue weighted by molar-refractivity contribution is 5.92. The maximum Gasteiger partial charge on any atom is 0.183 e. The van der Waals surface area contributed by atoms with Crippen molar-refractivity contribution < 1.29 is 14.3 Å². The van der Waals surface area contributed by atoms with E-state index in [0.29, 0.717) is 12.3 Å². The fraction of sp³-hybridized carbons (Fsp3) is 0.688. The molecule has 0 bridgehead atoms. The average molecular weight is 262 g/mol. The molecule has 2 fully saturated rings. The van der Waals surface area contributed by atoms with E-state index in [0.717, 1.165) is 24.7 Å². The molecular weight excluding hydrogens is 240 g/mol. The van der Waals surface area contributed by atoms with Gasteiger partial charge in [0, 0.05) is 17.9 Å². The lowest BCUT2D eigenvalue weighted by atomic mass is 9.80. The van der Waals surface area contributed by atoms with Gasteiger partial charge in [-0.15, -0.1) is 0 Å². The van der Waals surface area contributed by atoms with E-state index in [1.807, 2.05) is 12.2 Å². The molecule has 1 saturated carbocycles. The highest BCUT2D eigenvalue weighted by atomic mass is 16.7. The maximum atomic E-state index is 11.1. The molecule has 0 N–H and O–H groups in total. The van der Waals surface area contributed by atoms with Crippen LogP contribution < -0.4 is 0 Å². The first-order chi connectivity index (χ1) is 9.33. The van der Waals surface area contributed by atoms with Crippen LogP contribution in [-0.2, 0) is 14.3 Å². The van der Waals surface area contributed by atoms with Crippen molar-refractivity contribution in [2.24, 2.45) is 11.8 Å². The van der Waals surface area contributed by atoms with Gasteiger partial charge in [-0.3, -0.25) is 4.79 Å². The van der Waals surface area contributed by atoms with Crippen LogP contribution in [0.2, 0.25) is 0 Å². The normalized spacial score (nSPS) is 33.3. The van der Waals surface area contributed by atoms with Crippen LogP contribution in [0.5, 0.6) is 0 Å². The molecule has 3 rings (SSSR count). The quantitative estimate of drug-likeness (QED) is 0.767. The third-order valence-electron chi connectivity index (χ3n) is 4.51. The van der Waals surface area contributed by atoms with Crippen LogP contribution in [0, 0.1) is 11.8 Å². The largest absolute Gasteiger partial charge is 0.348 e. The fourth-order valence-electron chi connectivity index (χ4n) is 3.31. The van der Waals surface area contributed by atoms with Gasteiger partial charge in [0.1, 0.15) is 0 Å². The summed E-state index contributed by atoms with van der Waals surface area (Å²) in [4.78, 5) is 11.1. The van der Waals surface area contributed by atoms with Crippen LogP contribution in [0.25, 0.3) is 0 Å². The molecule has 2 aliphatic carbocycles. The highest BCUT2D eigenvalue weighted by Gasteiger charge is 2.30. The summed E-state index contributed by atoms with van der Waals surface area (Å²) in [6, 6.07) is 0. The van der Waals surface area contributed by atoms with E-state index in [9.17, 15) is 4.79 Å². The molecule has 0 aromatic heterocycles. The second-order valence-corrected chi connectivity index (χ2v) is 5.86. The zero-order valence-corrected chi connectivity index (χ0v) is 11.3. The Balaban J connectivity index is 1.52. The van der Waals surface area contributed by atoms with Crippen LogP contribution >= 0.6 is 0 Å². The van der Waals surface area contributed by atoms with E-state index in [-0.39, 0.29) is 12.1 Å². The lowest BCUT2D eigenvalue weighted by Gasteiger charge is -2.36. The molecule has 0 atom stereocenters. The zero-order chi connectivity index (χ0) is 13.1. The van der Waals surface area contributed by atoms with Gasteiger partial charge in [-0.05, 0) is 12.0 Å². The molecule has 19 heavy (non-hydrogen) atoms. The van der Waals surface area contributed by atoms with E-state index < -0.39 is 0 Å². The second kappa shape index (κ2) is 6.02. The summed E-state index contributed by atoms with van der Waals surface area (Å²) in [5.74, 6) is 1.50. The predicted molar refractivity (Wildman–Crippen MR) is 72.6 cm³/mol. The van der Waals surface area contributed by atoms with Crippen molar-refractivity contribution in [1.82, 2.24) is 0 Å². The molecule has 1 saturated heterocycles. The van der Waals surface area contributed by atoms with Crippen molar-refractivity contribution in [1.29, 1.82) is 0 Å². The first-order valence-corrected chi connectivity index (χ1v) is 7.47. The molecule has 0 radical (unpaired) electrons. The minimum atomic E-state index is -0.260. The monoisotopic (exact) mass is 262 g/mol. The molecule has 0 unspecified atom stereocenters. The number of carbonyl (C=O) groups excluding carboxylic acids is 1. The third kappa shape index (κ3) is 3.15. The lowest BCUT2D eigenvalue weighted by molar-refractivity contribution is -0.189. The molecule has 0 amide bonds. The summed E-state index contributed by atoms with van der Waals surface area (Å²) in [5, 5.41) is 0. The average Bonchev–Trinajstić information content (AvgIpc) is 2.49. The molecule has 1 heterocycles. The smallest absolute Gasteiger partial charge is 0.183 e. The van der Waals surface area contributed by atoms with Crippen LogP contribution in [0.4, 0.5) is 0 Å². The van der Waals surface area contributed by atoms with Crippen LogP contribution in [0.1, 0.15) is 38.5 Å². The van der Waals surface area contributed by atoms with Crippen LogP contribution in [0.15, 0.2) is 23.8 Å². The molecule has 0 aromatic carbocycles. The Morgan fingerprint density at radius 2 is 1.68 bits per heavy atom. The zero-order valence-electron chi connectivity index (χ0n) is 11.3. The maximum absolute atomic E-state index is 11.1. The number of allylic oxidation sites excluding steroid dienone is 2. The van der Waals surface area contributed by atoms with E-state index in [1.165, 1.54) is 32.1 Å². The van der Waals surface area contributed by atoms with Gasteiger partial charge in [-0.1, -0.05) is 44.3 Å². The van der Waals surface area contributed by atoms with E-state index in [4.69, 9.17) is 9.47 Å². The van der Waals surface area contributed by atoms with Crippen molar-refractivity contribution in [2.45, 2.75) is 44.8 Å². The first kappa shape index (κ1) is 13.1. The predicted octanol–water partition coefficient (Wildman–Crippen LogP) is 3.01. The second-order valence-electron chi connectivity index (χ2n) is 5.86. The standard InChI is InChI=1S/C16H22O3/c17-15-8-6-13(7-9-15)16-18-10-14(11-19-16)12-4-2-1-3-5-12/h6-8,12,14,16H,1-5,9-11H2. The molecule has 0 spiro atoms. The molecule has 3 aliphatic rings. The molecule has 3 heteroatoms. The summed E-state index contributed by atoms with van der Waals surface area (Å²) in [5.41, 5.74) is 1.00. The van der Waals surface area contributed by atoms with Crippen molar-refractivity contribution in [3.05, 3.63) is 23.8 Å². The van der Waals surface area contributed by atoms with Gasteiger partial charge in [0.25, 0.3) is 0 Å². The number of carbonyl (C=O) groups is 1. The Morgan fingerprint density at radius 3 is 2.32 bits per heavy atom. The molecular formula is C16H22O3. The molecule has 1 aliphatic heterocycles. The minimum Gasteiger partial charge on any atom is -0.348 e. The van der Waals surface area contributed by atoms with E-state index in [2.05, 4.69) is 0 Å². The summed E-state index contributed by atoms with van der Waals surface area (Å²) < 4.78 is 11.7. The lowest BCUT2D eigenvalue weighted by Crippen LogP contribution is -2.37. The van der Waals surface area contributed by atoms with Gasteiger partial charge < -0.3 is 9.47 Å². The highest BCUT2D eigenvalue weighted by Crippen LogP contribution is 2.33. The van der Waals surface area contributed by atoms with Crippen LogP contribution in [-0.4, -0.2) is 25.3 Å². The number of hydrogen-bond donors (Lipinski definition) is 0. The first-order valence-electron chi connectivity index (χ1n) is 7.47. The van der Waals surface area contributed by atoms with Crippen LogP contribution in [0.3, 0.4) is 0 Å². The summed E-state index contributed by atoms with van der Waals surface area (Å²) in [6.07, 6.45) is 12.4. The van der Waals surface area contributed by atoms with E-state index in [1.54, 1.807) is 6.08 Å². The van der Waals surface area contributed by atoms with Crippen molar-refractivity contribution in [3.8, 4) is 0 Å². The Morgan fingerprint density at radius 1 is 0.947 bits per heavy atom. The molecule has 0 aromatic rings. The fourth-order valence-corrected chi connectivity index (χ4v) is 3.31. The van der Waals surface area contributed by atoms with Crippen molar-refractivity contribution in [3.63, 3.8) is 0 Å². The SMILES string of the molecule is O=C1C=CC(C2OCC(C3CCCCC3)CO2)=CC1. The Labute approximate surface area is 114 Å². The van der Waals surface area contributed by atoms with E-state index >= 15 is 0 Å².